The van der Waals surface area contributed by atoms with E-state index in [4.69, 9.17) is 14.2 Å². The van der Waals surface area contributed by atoms with Crippen molar-refractivity contribution < 1.29 is 33.4 Å². The van der Waals surface area contributed by atoms with E-state index in [0.717, 1.165) is 37.0 Å². The van der Waals surface area contributed by atoms with Gasteiger partial charge >= 0.3 is 0 Å². The molecule has 1 aromatic carbocycles. The maximum atomic E-state index is 14.7. The van der Waals surface area contributed by atoms with E-state index < -0.39 is 29.6 Å². The van der Waals surface area contributed by atoms with E-state index in [-0.39, 0.29) is 36.6 Å². The van der Waals surface area contributed by atoms with Crippen molar-refractivity contribution in [2.75, 3.05) is 20.3 Å². The predicted molar refractivity (Wildman–Crippen MR) is 212 cm³/mol. The number of carbonyl (C=O) groups is 4. The number of halogens is 1. The van der Waals surface area contributed by atoms with Crippen molar-refractivity contribution in [2.24, 2.45) is 5.92 Å². The summed E-state index contributed by atoms with van der Waals surface area (Å²) in [6, 6.07) is 7.21. The second kappa shape index (κ2) is 16.5. The molecule has 288 valence electrons. The topological polar surface area (TPSA) is 148 Å². The minimum atomic E-state index is -1.10. The first-order chi connectivity index (χ1) is 26.1. The predicted octanol–water partition coefficient (Wildman–Crippen LogP) is 6.24. The number of allylic oxidation sites excluding steroid dienone is 1. The van der Waals surface area contributed by atoms with Crippen LogP contribution in [-0.2, 0) is 14.4 Å². The molecule has 2 saturated carbocycles. The van der Waals surface area contributed by atoms with Crippen LogP contribution in [0.25, 0.3) is 10.9 Å². The Bertz CT molecular complexity index is 1950. The molecule has 54 heavy (non-hydrogen) atoms. The number of nitrogens with zero attached hydrogens (tertiary/aromatic N) is 2. The number of ether oxygens (including phenoxy) is 3. The van der Waals surface area contributed by atoms with Crippen LogP contribution in [0.2, 0.25) is 0 Å². The van der Waals surface area contributed by atoms with E-state index in [2.05, 4.69) is 48.4 Å². The smallest absolute Gasteiger partial charge is 0.262 e. The molecule has 2 aliphatic carbocycles. The molecule has 4 heterocycles. The molecule has 3 aromatic rings. The molecule has 3 fully saturated rings. The van der Waals surface area contributed by atoms with Crippen molar-refractivity contribution in [3.63, 3.8) is 0 Å². The Morgan fingerprint density at radius 2 is 1.96 bits per heavy atom. The molecular formula is C39H46BrN5O7S2. The van der Waals surface area contributed by atoms with Gasteiger partial charge in [-0.15, -0.1) is 11.3 Å². The third-order valence-corrected chi connectivity index (χ3v) is 13.3. The molecule has 2 aromatic heterocycles. The minimum absolute atomic E-state index is 0.0899. The Labute approximate surface area is 331 Å². The number of aromatic nitrogens is 1. The standard InChI is InChI=1S/C39H46BrN5O7S2/c1-4-51-32-19-30(26-15-16-29(50-3)33(40)34(26)42-32)52-24-18-28-35(46)43-39(38(49)44-54-25-13-14-25)20-23(39)10-8-6-5-7-9-11-27(37(48)45(28)21-24)41-36(47)31-17-12-22(2)53-31/h8,10,12,15-17,19,23-25,27-28H,4-7,9,11,13-14,18,20-21H2,1-3H3,(H,41,47)(H,43,46)(H,44,49)/b10-8-/t23-,24-,27+,28+,39-/m1/s1. The summed E-state index contributed by atoms with van der Waals surface area (Å²) in [5.41, 5.74) is -0.527. The van der Waals surface area contributed by atoms with Crippen molar-refractivity contribution in [1.29, 1.82) is 0 Å². The molecule has 3 N–H and O–H groups in total. The average Bonchev–Trinajstić information content (AvgIpc) is 4.02. The second-order valence-electron chi connectivity index (χ2n) is 14.4. The summed E-state index contributed by atoms with van der Waals surface area (Å²) < 4.78 is 21.6. The zero-order chi connectivity index (χ0) is 38.0. The number of hydrogen-bond acceptors (Lipinski definition) is 10. The number of amides is 4. The van der Waals surface area contributed by atoms with Crippen LogP contribution < -0.4 is 29.6 Å². The third-order valence-electron chi connectivity index (χ3n) is 10.4. The average molecular weight is 841 g/mol. The molecule has 12 nitrogen and oxygen atoms in total. The van der Waals surface area contributed by atoms with Gasteiger partial charge in [-0.1, -0.05) is 25.0 Å². The highest BCUT2D eigenvalue weighted by Crippen LogP contribution is 2.47. The summed E-state index contributed by atoms with van der Waals surface area (Å²) in [5.74, 6) is -0.0484. The largest absolute Gasteiger partial charge is 0.495 e. The number of nitrogens with one attached hydrogen (secondary N) is 3. The van der Waals surface area contributed by atoms with Crippen LogP contribution in [0, 0.1) is 12.8 Å². The quantitative estimate of drug-likeness (QED) is 0.159. The van der Waals surface area contributed by atoms with Gasteiger partial charge in [-0.3, -0.25) is 23.9 Å². The fourth-order valence-electron chi connectivity index (χ4n) is 7.21. The number of thiophene rings is 1. The van der Waals surface area contributed by atoms with Gasteiger partial charge in [0.15, 0.2) is 0 Å². The van der Waals surface area contributed by atoms with E-state index >= 15 is 0 Å². The van der Waals surface area contributed by atoms with Gasteiger partial charge in [0, 0.05) is 33.9 Å². The van der Waals surface area contributed by atoms with Crippen molar-refractivity contribution in [1.82, 2.24) is 25.2 Å². The molecule has 5 atom stereocenters. The highest BCUT2D eigenvalue weighted by atomic mass is 79.9. The SMILES string of the molecule is CCOc1cc(O[C@@H]2C[C@H]3C(=O)N[C@]4(C(=O)NSC5CC5)C[C@H]4/C=C\CCCCC[C@H](NC(=O)c4ccc(C)s4)C(=O)N3C2)c2ccc(OC)c(Br)c2n1. The molecule has 4 amide bonds. The van der Waals surface area contributed by atoms with Gasteiger partial charge in [0.2, 0.25) is 17.7 Å². The van der Waals surface area contributed by atoms with Gasteiger partial charge in [0.05, 0.1) is 35.1 Å². The Kier molecular flexibility index (Phi) is 11.7. The molecular weight excluding hydrogens is 794 g/mol. The first kappa shape index (κ1) is 38.5. The van der Waals surface area contributed by atoms with E-state index in [1.807, 2.05) is 32.0 Å². The van der Waals surface area contributed by atoms with Crippen LogP contribution in [0.5, 0.6) is 17.4 Å². The molecule has 15 heteroatoms. The van der Waals surface area contributed by atoms with Gasteiger partial charge in [0.1, 0.15) is 35.2 Å². The third kappa shape index (κ3) is 8.37. The van der Waals surface area contributed by atoms with E-state index in [9.17, 15) is 19.2 Å². The highest BCUT2D eigenvalue weighted by molar-refractivity contribution is 9.10. The highest BCUT2D eigenvalue weighted by Gasteiger charge is 2.61. The lowest BCUT2D eigenvalue weighted by molar-refractivity contribution is -0.141. The number of rotatable bonds is 10. The lowest BCUT2D eigenvalue weighted by Gasteiger charge is -2.29. The zero-order valence-electron chi connectivity index (χ0n) is 30.7. The lowest BCUT2D eigenvalue weighted by atomic mass is 10.0. The van der Waals surface area contributed by atoms with Crippen LogP contribution in [0.1, 0.15) is 79.3 Å². The monoisotopic (exact) mass is 839 g/mol. The van der Waals surface area contributed by atoms with E-state index in [1.165, 1.54) is 28.2 Å². The van der Waals surface area contributed by atoms with E-state index in [1.54, 1.807) is 19.2 Å². The number of aryl methyl sites for hydroxylation is 1. The van der Waals surface area contributed by atoms with Crippen molar-refractivity contribution in [3.8, 4) is 17.4 Å². The van der Waals surface area contributed by atoms with E-state index in [0.29, 0.717) is 68.8 Å². The van der Waals surface area contributed by atoms with Crippen LogP contribution in [0.4, 0.5) is 0 Å². The van der Waals surface area contributed by atoms with Crippen LogP contribution in [-0.4, -0.2) is 82.8 Å². The molecule has 0 spiro atoms. The number of carbonyl (C=O) groups excluding carboxylic acids is 4. The summed E-state index contributed by atoms with van der Waals surface area (Å²) in [6.07, 6.45) is 10.0. The van der Waals surface area contributed by atoms with Crippen molar-refractivity contribution >= 4 is 73.7 Å². The van der Waals surface area contributed by atoms with Gasteiger partial charge < -0.3 is 29.7 Å². The summed E-state index contributed by atoms with van der Waals surface area (Å²) in [4.78, 5) is 64.1. The second-order valence-corrected chi connectivity index (χ2v) is 17.6. The Morgan fingerprint density at radius 3 is 2.70 bits per heavy atom. The summed E-state index contributed by atoms with van der Waals surface area (Å²) in [7, 11) is 1.58. The maximum absolute atomic E-state index is 14.7. The zero-order valence-corrected chi connectivity index (χ0v) is 33.9. The van der Waals surface area contributed by atoms with Gasteiger partial charge in [-0.05, 0) is 105 Å². The Hall–Kier alpha value is -3.82. The Morgan fingerprint density at radius 1 is 1.13 bits per heavy atom. The van der Waals surface area contributed by atoms with Crippen molar-refractivity contribution in [2.45, 2.75) is 101 Å². The first-order valence-corrected chi connectivity index (χ1v) is 21.2. The fraction of sp³-hybridized carbons (Fsp3) is 0.513. The van der Waals surface area contributed by atoms with Gasteiger partial charge in [-0.25, -0.2) is 4.98 Å². The van der Waals surface area contributed by atoms with Crippen LogP contribution in [0.15, 0.2) is 47.0 Å². The molecule has 0 radical (unpaired) electrons. The lowest BCUT2D eigenvalue weighted by Crippen LogP contribution is -2.57. The fourth-order valence-corrected chi connectivity index (χ4v) is 9.40. The molecule has 7 rings (SSSR count). The normalized spacial score (nSPS) is 26.4. The summed E-state index contributed by atoms with van der Waals surface area (Å²) >= 11 is 6.40. The molecule has 1 saturated heterocycles. The minimum Gasteiger partial charge on any atom is -0.495 e. The van der Waals surface area contributed by atoms with Crippen molar-refractivity contribution in [3.05, 3.63) is 56.7 Å². The first-order valence-electron chi connectivity index (χ1n) is 18.7. The summed E-state index contributed by atoms with van der Waals surface area (Å²) in [6.45, 7) is 4.27. The number of pyridine rings is 1. The number of methoxy groups -OCH3 is 1. The molecule has 4 aliphatic rings. The van der Waals surface area contributed by atoms with Gasteiger partial charge in [-0.2, -0.15) is 0 Å². The molecule has 0 unspecified atom stereocenters. The summed E-state index contributed by atoms with van der Waals surface area (Å²) in [5, 5.41) is 7.22. The molecule has 0 bridgehead atoms. The number of benzene rings is 1. The maximum Gasteiger partial charge on any atom is 0.262 e. The van der Waals surface area contributed by atoms with Crippen LogP contribution in [0.3, 0.4) is 0 Å². The van der Waals surface area contributed by atoms with Crippen LogP contribution >= 0.6 is 39.2 Å². The molecule has 2 aliphatic heterocycles. The number of fused-ring (bicyclic) bond motifs is 3. The van der Waals surface area contributed by atoms with Gasteiger partial charge in [0.25, 0.3) is 11.8 Å². The Balaban J connectivity index is 1.21. The number of hydrogen-bond donors (Lipinski definition) is 3.